The Morgan fingerprint density at radius 3 is 2.30 bits per heavy atom. The molecule has 3 rings (SSSR count). The highest BCUT2D eigenvalue weighted by Gasteiger charge is 2.13. The second-order valence-electron chi connectivity index (χ2n) is 8.60. The molecule has 0 saturated carbocycles. The van der Waals surface area contributed by atoms with E-state index in [1.807, 2.05) is 36.4 Å². The molecule has 33 heavy (non-hydrogen) atoms. The number of rotatable bonds is 15. The molecule has 1 N–H and O–H groups in total. The van der Waals surface area contributed by atoms with Gasteiger partial charge in [-0.1, -0.05) is 80.8 Å². The number of halogens is 1. The van der Waals surface area contributed by atoms with E-state index in [9.17, 15) is 0 Å². The molecule has 2 aromatic carbocycles. The van der Waals surface area contributed by atoms with Crippen molar-refractivity contribution in [3.05, 3.63) is 70.9 Å². The van der Waals surface area contributed by atoms with Gasteiger partial charge in [0.05, 0.1) is 6.54 Å². The largest absolute Gasteiger partial charge is 0.311 e. The smallest absolute Gasteiger partial charge is 0.117 e. The fourth-order valence-corrected chi connectivity index (χ4v) is 4.14. The summed E-state index contributed by atoms with van der Waals surface area (Å²) in [6, 6.07) is 18.2. The molecule has 0 unspecified atom stereocenters. The van der Waals surface area contributed by atoms with E-state index in [2.05, 4.69) is 42.3 Å². The van der Waals surface area contributed by atoms with E-state index < -0.39 is 0 Å². The molecule has 0 bridgehead atoms. The van der Waals surface area contributed by atoms with E-state index in [1.54, 1.807) is 4.80 Å². The molecule has 1 heterocycles. The van der Waals surface area contributed by atoms with Crippen molar-refractivity contribution >= 4 is 11.6 Å². The van der Waals surface area contributed by atoms with Gasteiger partial charge in [-0.15, -0.1) is 0 Å². The van der Waals surface area contributed by atoms with Crippen LogP contribution >= 0.6 is 11.6 Å². The topological polar surface area (TPSA) is 46.0 Å². The predicted molar refractivity (Wildman–Crippen MR) is 139 cm³/mol. The van der Waals surface area contributed by atoms with Crippen LogP contribution in [0.3, 0.4) is 0 Å². The highest BCUT2D eigenvalue weighted by atomic mass is 35.5. The number of benzene rings is 2. The zero-order chi connectivity index (χ0) is 23.3. The Kier molecular flexibility index (Phi) is 10.9. The lowest BCUT2D eigenvalue weighted by molar-refractivity contribution is 0.261. The second kappa shape index (κ2) is 14.1. The summed E-state index contributed by atoms with van der Waals surface area (Å²) in [5.41, 5.74) is 4.11. The molecule has 0 aliphatic carbocycles. The van der Waals surface area contributed by atoms with Crippen molar-refractivity contribution in [2.24, 2.45) is 0 Å². The highest BCUT2D eigenvalue weighted by molar-refractivity contribution is 6.30. The number of aromatic nitrogens is 3. The van der Waals surface area contributed by atoms with Crippen LogP contribution in [0.5, 0.6) is 0 Å². The van der Waals surface area contributed by atoms with Crippen molar-refractivity contribution < 1.29 is 0 Å². The van der Waals surface area contributed by atoms with Crippen LogP contribution in [0.2, 0.25) is 5.02 Å². The number of unbranched alkanes of at least 4 members (excludes halogenated alkanes) is 2. The molecule has 3 aromatic rings. The molecule has 0 radical (unpaired) electrons. The minimum absolute atomic E-state index is 0.601. The monoisotopic (exact) mass is 467 g/mol. The van der Waals surface area contributed by atoms with Gasteiger partial charge in [-0.3, -0.25) is 0 Å². The van der Waals surface area contributed by atoms with Crippen molar-refractivity contribution in [2.45, 2.75) is 59.0 Å². The van der Waals surface area contributed by atoms with Gasteiger partial charge in [-0.2, -0.15) is 15.0 Å². The molecule has 0 spiro atoms. The molecular weight excluding hydrogens is 430 g/mol. The molecule has 0 aliphatic rings. The molecule has 0 aliphatic heterocycles. The van der Waals surface area contributed by atoms with Crippen LogP contribution in [0.1, 0.15) is 57.2 Å². The van der Waals surface area contributed by atoms with E-state index in [0.29, 0.717) is 13.1 Å². The molecule has 178 valence electrons. The number of nitrogens with zero attached hydrogens (tertiary/aromatic N) is 4. The first-order valence-corrected chi connectivity index (χ1v) is 12.7. The number of nitrogens with one attached hydrogen (secondary N) is 1. The van der Waals surface area contributed by atoms with E-state index in [1.165, 1.54) is 38.8 Å². The highest BCUT2D eigenvalue weighted by Crippen LogP contribution is 2.20. The third-order valence-electron chi connectivity index (χ3n) is 5.76. The van der Waals surface area contributed by atoms with E-state index in [4.69, 9.17) is 21.8 Å². The van der Waals surface area contributed by atoms with Crippen molar-refractivity contribution in [3.8, 4) is 11.3 Å². The van der Waals surface area contributed by atoms with Gasteiger partial charge in [0.1, 0.15) is 11.4 Å². The zero-order valence-electron chi connectivity index (χ0n) is 20.1. The third kappa shape index (κ3) is 8.58. The lowest BCUT2D eigenvalue weighted by Crippen LogP contribution is -2.29. The Morgan fingerprint density at radius 2 is 1.61 bits per heavy atom. The molecule has 0 atom stereocenters. The third-order valence-corrected chi connectivity index (χ3v) is 6.00. The van der Waals surface area contributed by atoms with Gasteiger partial charge in [0.15, 0.2) is 0 Å². The molecule has 1 aromatic heterocycles. The summed E-state index contributed by atoms with van der Waals surface area (Å²) in [6.07, 6.45) is 6.23. The van der Waals surface area contributed by atoms with Crippen molar-refractivity contribution in [1.82, 2.24) is 25.2 Å². The average Bonchev–Trinajstić information content (AvgIpc) is 3.23. The molecular formula is C27H38ClN5. The van der Waals surface area contributed by atoms with Gasteiger partial charge in [0.2, 0.25) is 0 Å². The van der Waals surface area contributed by atoms with Gasteiger partial charge in [0.25, 0.3) is 0 Å². The maximum absolute atomic E-state index is 6.16. The molecule has 0 fully saturated rings. The van der Waals surface area contributed by atoms with Crippen LogP contribution in [0.25, 0.3) is 11.3 Å². The van der Waals surface area contributed by atoms with Crippen LogP contribution in [-0.4, -0.2) is 46.1 Å². The molecule has 0 amide bonds. The summed E-state index contributed by atoms with van der Waals surface area (Å²) in [5, 5.41) is 14.0. The first kappa shape index (κ1) is 25.4. The summed E-state index contributed by atoms with van der Waals surface area (Å²) in [4.78, 5) is 4.40. The van der Waals surface area contributed by atoms with E-state index in [0.717, 1.165) is 47.0 Å². The van der Waals surface area contributed by atoms with Crippen molar-refractivity contribution in [3.63, 3.8) is 0 Å². The van der Waals surface area contributed by atoms with Crippen molar-refractivity contribution in [1.29, 1.82) is 0 Å². The number of hydrogen-bond acceptors (Lipinski definition) is 4. The fraction of sp³-hybridized carbons (Fsp3) is 0.481. The van der Waals surface area contributed by atoms with Crippen LogP contribution < -0.4 is 5.32 Å². The summed E-state index contributed by atoms with van der Waals surface area (Å²) >= 11 is 6.16. The summed E-state index contributed by atoms with van der Waals surface area (Å²) in [7, 11) is 0. The van der Waals surface area contributed by atoms with Crippen LogP contribution in [0.4, 0.5) is 0 Å². The normalized spacial score (nSPS) is 11.4. The average molecular weight is 468 g/mol. The summed E-state index contributed by atoms with van der Waals surface area (Å²) in [5.74, 6) is 0. The van der Waals surface area contributed by atoms with Crippen LogP contribution in [0, 0.1) is 0 Å². The van der Waals surface area contributed by atoms with E-state index in [-0.39, 0.29) is 0 Å². The molecule has 0 saturated heterocycles. The number of hydrogen-bond donors (Lipinski definition) is 1. The lowest BCUT2D eigenvalue weighted by Gasteiger charge is -2.21. The second-order valence-corrected chi connectivity index (χ2v) is 9.04. The Hall–Kier alpha value is -2.21. The van der Waals surface area contributed by atoms with Crippen LogP contribution in [0.15, 0.2) is 54.6 Å². The first-order valence-electron chi connectivity index (χ1n) is 12.4. The lowest BCUT2D eigenvalue weighted by atomic mass is 10.1. The maximum Gasteiger partial charge on any atom is 0.117 e. The Labute approximate surface area is 204 Å². The van der Waals surface area contributed by atoms with Gasteiger partial charge in [0, 0.05) is 17.1 Å². The zero-order valence-corrected chi connectivity index (χ0v) is 20.9. The van der Waals surface area contributed by atoms with Crippen molar-refractivity contribution in [2.75, 3.05) is 26.2 Å². The standard InChI is InChI=1S/C27H38ClN5/c1-3-5-17-32(18-6-4-2)19-11-16-29-21-26-27(24-13-8-7-9-14-24)31-33(30-26)22-23-12-10-15-25(28)20-23/h7-10,12-15,20,29H,3-6,11,16-19,21-22H2,1-2H3. The fourth-order valence-electron chi connectivity index (χ4n) is 3.92. The summed E-state index contributed by atoms with van der Waals surface area (Å²) < 4.78 is 0. The van der Waals surface area contributed by atoms with Gasteiger partial charge >= 0.3 is 0 Å². The van der Waals surface area contributed by atoms with Gasteiger partial charge in [-0.05, 0) is 63.1 Å². The Bertz CT molecular complexity index is 933. The minimum Gasteiger partial charge on any atom is -0.311 e. The van der Waals surface area contributed by atoms with Crippen LogP contribution in [-0.2, 0) is 13.1 Å². The predicted octanol–water partition coefficient (Wildman–Crippen LogP) is 6.03. The quantitative estimate of drug-likeness (QED) is 0.277. The van der Waals surface area contributed by atoms with Gasteiger partial charge < -0.3 is 10.2 Å². The van der Waals surface area contributed by atoms with Gasteiger partial charge in [-0.25, -0.2) is 0 Å². The van der Waals surface area contributed by atoms with E-state index >= 15 is 0 Å². The first-order chi connectivity index (χ1) is 16.2. The Morgan fingerprint density at radius 1 is 0.879 bits per heavy atom. The molecule has 5 nitrogen and oxygen atoms in total. The minimum atomic E-state index is 0.601. The summed E-state index contributed by atoms with van der Waals surface area (Å²) in [6.45, 7) is 10.4. The Balaban J connectivity index is 1.59. The molecule has 6 heteroatoms. The SMILES string of the molecule is CCCCN(CCCC)CCCNCc1nn(Cc2cccc(Cl)c2)nc1-c1ccccc1. The maximum atomic E-state index is 6.16.